The average molecular weight is 758 g/mol. The van der Waals surface area contributed by atoms with Gasteiger partial charge in [0.25, 0.3) is 0 Å². The van der Waals surface area contributed by atoms with Gasteiger partial charge < -0.3 is 25.2 Å². The number of aliphatic imine (C=N–C) groups is 2. The van der Waals surface area contributed by atoms with Gasteiger partial charge in [-0.25, -0.2) is 9.48 Å². The molecule has 0 saturated heterocycles. The first kappa shape index (κ1) is 37.2. The Labute approximate surface area is 306 Å². The van der Waals surface area contributed by atoms with Gasteiger partial charge in [0.1, 0.15) is 22.9 Å². The van der Waals surface area contributed by atoms with E-state index in [1.54, 1.807) is 49.4 Å². The van der Waals surface area contributed by atoms with Gasteiger partial charge in [-0.2, -0.15) is 14.9 Å². The molecule has 50 heavy (non-hydrogen) atoms. The summed E-state index contributed by atoms with van der Waals surface area (Å²) in [4.78, 5) is 20.3. The van der Waals surface area contributed by atoms with Crippen LogP contribution in [0.2, 0.25) is 10.0 Å². The smallest absolute Gasteiger partial charge is 0.359 e. The van der Waals surface area contributed by atoms with Gasteiger partial charge in [-0.3, -0.25) is 9.98 Å². The van der Waals surface area contributed by atoms with Crippen LogP contribution in [0.4, 0.5) is 11.4 Å². The molecule has 0 fully saturated rings. The molecule has 2 heterocycles. The van der Waals surface area contributed by atoms with Gasteiger partial charge >= 0.3 is 5.97 Å². The number of methoxy groups -OCH3 is 1. The SMILES string of the molecule is COC(=O)c1nn(-c2ccccc2)c(O)c1C=Nc1ccc(Cl)cc1O.Cc1nn(-c2ccccc2)c(O)c1C=Nc1ccc(Cl)cc1O.[Co]. The Kier molecular flexibility index (Phi) is 12.4. The zero-order valence-corrected chi connectivity index (χ0v) is 28.8. The Morgan fingerprint density at radius 3 is 1.60 bits per heavy atom. The maximum atomic E-state index is 12.0. The molecular weight excluding hydrogens is 730 g/mol. The molecule has 0 bridgehead atoms. The monoisotopic (exact) mass is 757 g/mol. The van der Waals surface area contributed by atoms with E-state index < -0.39 is 5.97 Å². The number of phenols is 2. The van der Waals surface area contributed by atoms with Crippen molar-refractivity contribution in [1.82, 2.24) is 19.6 Å². The molecule has 6 aromatic rings. The third-order valence-electron chi connectivity index (χ3n) is 6.90. The maximum Gasteiger partial charge on any atom is 0.359 e. The van der Waals surface area contributed by atoms with Gasteiger partial charge in [-0.1, -0.05) is 59.6 Å². The normalized spacial score (nSPS) is 10.9. The first-order chi connectivity index (χ1) is 23.6. The first-order valence-corrected chi connectivity index (χ1v) is 15.2. The molecule has 0 aliphatic heterocycles. The number of carbonyl (C=O) groups excluding carboxylic acids is 1. The number of hydrogen-bond donors (Lipinski definition) is 4. The van der Waals surface area contributed by atoms with Gasteiger partial charge in [0.15, 0.2) is 5.69 Å². The maximum absolute atomic E-state index is 12.0. The summed E-state index contributed by atoms with van der Waals surface area (Å²) in [5, 5.41) is 49.8. The molecule has 0 aliphatic carbocycles. The van der Waals surface area contributed by atoms with E-state index in [2.05, 4.69) is 20.2 Å². The van der Waals surface area contributed by atoms with Crippen LogP contribution in [0.1, 0.15) is 27.3 Å². The van der Waals surface area contributed by atoms with Gasteiger partial charge in [0, 0.05) is 51.4 Å². The summed E-state index contributed by atoms with van der Waals surface area (Å²) in [6.45, 7) is 1.78. The second kappa shape index (κ2) is 16.7. The number of hydrogen-bond acceptors (Lipinski definition) is 10. The second-order valence-corrected chi connectivity index (χ2v) is 11.1. The number of para-hydroxylation sites is 2. The quantitative estimate of drug-likeness (QED) is 0.0961. The summed E-state index contributed by atoms with van der Waals surface area (Å²) >= 11 is 11.6. The Balaban J connectivity index is 0.000000222. The Morgan fingerprint density at radius 1 is 0.700 bits per heavy atom. The van der Waals surface area contributed by atoms with Crippen molar-refractivity contribution in [2.75, 3.05) is 7.11 Å². The third kappa shape index (κ3) is 8.51. The second-order valence-electron chi connectivity index (χ2n) is 10.2. The van der Waals surface area contributed by atoms with E-state index in [-0.39, 0.29) is 57.0 Å². The molecule has 15 heteroatoms. The van der Waals surface area contributed by atoms with Gasteiger partial charge in [0.2, 0.25) is 11.8 Å². The number of phenolic OH excluding ortho intramolecular Hbond substituents is 2. The van der Waals surface area contributed by atoms with Crippen LogP contribution in [-0.4, -0.2) is 65.5 Å². The van der Waals surface area contributed by atoms with Crippen molar-refractivity contribution in [1.29, 1.82) is 0 Å². The van der Waals surface area contributed by atoms with Crippen LogP contribution in [0, 0.1) is 6.92 Å². The molecule has 6 rings (SSSR count). The van der Waals surface area contributed by atoms with Crippen LogP contribution in [0.3, 0.4) is 0 Å². The Hall–Kier alpha value is -5.60. The van der Waals surface area contributed by atoms with Crippen LogP contribution in [0.15, 0.2) is 107 Å². The fourth-order valence-corrected chi connectivity index (χ4v) is 4.78. The minimum atomic E-state index is -0.725. The molecule has 4 N–H and O–H groups in total. The summed E-state index contributed by atoms with van der Waals surface area (Å²) in [6, 6.07) is 27.2. The van der Waals surface area contributed by atoms with Crippen molar-refractivity contribution in [3.63, 3.8) is 0 Å². The summed E-state index contributed by atoms with van der Waals surface area (Å²) in [6.07, 6.45) is 2.71. The summed E-state index contributed by atoms with van der Waals surface area (Å²) in [5.74, 6) is -1.18. The molecule has 1 radical (unpaired) electrons. The summed E-state index contributed by atoms with van der Waals surface area (Å²) in [7, 11) is 1.22. The minimum Gasteiger partial charge on any atom is -0.506 e. The molecular formula is C35H28Cl2CoN6O6. The number of aromatic nitrogens is 4. The first-order valence-electron chi connectivity index (χ1n) is 14.4. The van der Waals surface area contributed by atoms with Crippen molar-refractivity contribution >= 4 is 53.0 Å². The van der Waals surface area contributed by atoms with Crippen LogP contribution in [0.25, 0.3) is 11.4 Å². The fourth-order valence-electron chi connectivity index (χ4n) is 4.44. The Morgan fingerprint density at radius 2 is 1.14 bits per heavy atom. The van der Waals surface area contributed by atoms with Crippen LogP contribution < -0.4 is 0 Å². The predicted molar refractivity (Wildman–Crippen MR) is 187 cm³/mol. The zero-order chi connectivity index (χ0) is 35.1. The number of nitrogens with zero attached hydrogens (tertiary/aromatic N) is 6. The van der Waals surface area contributed by atoms with Crippen molar-refractivity contribution in [3.05, 3.63) is 130 Å². The minimum absolute atomic E-state index is 0. The Bertz CT molecular complexity index is 2170. The van der Waals surface area contributed by atoms with E-state index in [0.717, 1.165) is 5.69 Å². The number of esters is 1. The van der Waals surface area contributed by atoms with Crippen molar-refractivity contribution in [2.24, 2.45) is 9.98 Å². The molecule has 4 aromatic carbocycles. The van der Waals surface area contributed by atoms with Gasteiger partial charge in [-0.05, 0) is 55.5 Å². The van der Waals surface area contributed by atoms with Crippen molar-refractivity contribution in [3.8, 4) is 34.6 Å². The fraction of sp³-hybridized carbons (Fsp3) is 0.0571. The van der Waals surface area contributed by atoms with E-state index in [4.69, 9.17) is 27.9 Å². The van der Waals surface area contributed by atoms with E-state index in [0.29, 0.717) is 32.7 Å². The van der Waals surface area contributed by atoms with E-state index in [9.17, 15) is 25.2 Å². The molecule has 2 aromatic heterocycles. The van der Waals surface area contributed by atoms with Crippen molar-refractivity contribution in [2.45, 2.75) is 6.92 Å². The molecule has 257 valence electrons. The number of aryl methyl sites for hydroxylation is 1. The molecule has 0 unspecified atom stereocenters. The topological polar surface area (TPSA) is 168 Å². The van der Waals surface area contributed by atoms with Crippen LogP contribution in [0.5, 0.6) is 23.3 Å². The van der Waals surface area contributed by atoms with Crippen LogP contribution in [-0.2, 0) is 21.5 Å². The number of aromatic hydroxyl groups is 4. The average Bonchev–Trinajstić information content (AvgIpc) is 3.58. The zero-order valence-electron chi connectivity index (χ0n) is 26.3. The van der Waals surface area contributed by atoms with Gasteiger partial charge in [-0.15, -0.1) is 0 Å². The predicted octanol–water partition coefficient (Wildman–Crippen LogP) is 7.47. The van der Waals surface area contributed by atoms with Crippen LogP contribution >= 0.6 is 23.2 Å². The largest absolute Gasteiger partial charge is 0.506 e. The number of ether oxygens (including phenoxy) is 1. The summed E-state index contributed by atoms with van der Waals surface area (Å²) < 4.78 is 7.36. The van der Waals surface area contributed by atoms with E-state index in [1.807, 2.05) is 36.4 Å². The number of carbonyl (C=O) groups is 1. The molecule has 12 nitrogen and oxygen atoms in total. The molecule has 0 atom stereocenters. The van der Waals surface area contributed by atoms with E-state index >= 15 is 0 Å². The standard InChI is InChI=1S/C18H14ClN3O4.C17H14ClN3O2.Co/c1-26-18(25)16-13(10-20-14-8-7-11(19)9-15(14)23)17(24)22(21-16)12-5-3-2-4-6-12;1-11-14(10-19-15-8-7-12(18)9-16(15)22)17(23)21(20-11)13-5-3-2-4-6-13;/h2-10,23-24H,1H3;2-10,22-23H,1H3;. The molecule has 0 amide bonds. The molecule has 0 aliphatic rings. The molecule has 0 spiro atoms. The molecule has 0 saturated carbocycles. The summed E-state index contributed by atoms with van der Waals surface area (Å²) in [5.41, 5.74) is 2.97. The van der Waals surface area contributed by atoms with Crippen molar-refractivity contribution < 1.29 is 46.7 Å². The third-order valence-corrected chi connectivity index (χ3v) is 7.37. The number of rotatable bonds is 7. The van der Waals surface area contributed by atoms with E-state index in [1.165, 1.54) is 47.1 Å². The van der Waals surface area contributed by atoms with Gasteiger partial charge in [0.05, 0.1) is 35.3 Å². The number of halogens is 2. The number of benzene rings is 4.